The number of fused-ring (bicyclic) bond motifs is 7. The largest absolute Gasteiger partial charge is 0.308 e. The van der Waals surface area contributed by atoms with Crippen molar-refractivity contribution in [3.05, 3.63) is 164 Å². The van der Waals surface area contributed by atoms with Gasteiger partial charge in [0.2, 0.25) is 5.95 Å². The van der Waals surface area contributed by atoms with Crippen molar-refractivity contribution < 1.29 is 0 Å². The zero-order valence-electron chi connectivity index (χ0n) is 25.8. The summed E-state index contributed by atoms with van der Waals surface area (Å²) in [5.41, 5.74) is 10.8. The molecule has 6 aromatic carbocycles. The first-order chi connectivity index (χ1) is 23.8. The van der Waals surface area contributed by atoms with Crippen molar-refractivity contribution in [1.82, 2.24) is 24.1 Å². The van der Waals surface area contributed by atoms with Gasteiger partial charge < -0.3 is 4.57 Å². The summed E-state index contributed by atoms with van der Waals surface area (Å²) in [6.07, 6.45) is 3.84. The highest BCUT2D eigenvalue weighted by Gasteiger charge is 2.18. The van der Waals surface area contributed by atoms with Gasteiger partial charge in [-0.25, -0.2) is 9.97 Å². The summed E-state index contributed by atoms with van der Waals surface area (Å²) in [5, 5.41) is 5.76. The monoisotopic (exact) mass is 613 g/mol. The highest BCUT2D eigenvalue weighted by molar-refractivity contribution is 6.12. The summed E-state index contributed by atoms with van der Waals surface area (Å²) in [6.45, 7) is 0. The Morgan fingerprint density at radius 1 is 0.396 bits per heavy atom. The van der Waals surface area contributed by atoms with E-state index in [1.165, 1.54) is 21.7 Å². The Kier molecular flexibility index (Phi) is 5.81. The first-order valence-corrected chi connectivity index (χ1v) is 16.1. The van der Waals surface area contributed by atoms with Crippen molar-refractivity contribution in [2.24, 2.45) is 0 Å². The van der Waals surface area contributed by atoms with Crippen LogP contribution in [0.4, 0.5) is 0 Å². The van der Waals surface area contributed by atoms with Crippen LogP contribution in [0.3, 0.4) is 0 Å². The minimum absolute atomic E-state index is 0.662. The van der Waals surface area contributed by atoms with Gasteiger partial charge in [-0.1, -0.05) is 97.1 Å². The molecule has 48 heavy (non-hydrogen) atoms. The third kappa shape index (κ3) is 4.01. The Morgan fingerprint density at radius 3 is 1.77 bits per heavy atom. The molecule has 4 aromatic heterocycles. The number of rotatable bonds is 4. The van der Waals surface area contributed by atoms with E-state index in [-0.39, 0.29) is 0 Å². The molecule has 0 atom stereocenters. The molecule has 10 rings (SSSR count). The van der Waals surface area contributed by atoms with E-state index in [1.54, 1.807) is 0 Å². The van der Waals surface area contributed by atoms with Gasteiger partial charge in [0.05, 0.1) is 39.5 Å². The Labute approximate surface area is 276 Å². The topological polar surface area (TPSA) is 48.5 Å². The number of para-hydroxylation sites is 3. The van der Waals surface area contributed by atoms with Crippen LogP contribution >= 0.6 is 0 Å². The minimum atomic E-state index is 0.662. The van der Waals surface area contributed by atoms with Crippen LogP contribution in [0.15, 0.2) is 164 Å². The molecule has 10 aromatic rings. The summed E-state index contributed by atoms with van der Waals surface area (Å²) >= 11 is 0. The summed E-state index contributed by atoms with van der Waals surface area (Å²) in [7, 11) is 0. The summed E-state index contributed by atoms with van der Waals surface area (Å²) < 4.78 is 4.50. The van der Waals surface area contributed by atoms with Gasteiger partial charge >= 0.3 is 0 Å². The molecule has 0 radical (unpaired) electrons. The molecular formula is C43H27N5. The molecule has 0 fully saturated rings. The van der Waals surface area contributed by atoms with E-state index in [0.717, 1.165) is 60.9 Å². The van der Waals surface area contributed by atoms with Gasteiger partial charge in [0.1, 0.15) is 0 Å². The molecule has 0 saturated carbocycles. The lowest BCUT2D eigenvalue weighted by molar-refractivity contribution is 1.01. The second kappa shape index (κ2) is 10.5. The number of benzene rings is 6. The second-order valence-corrected chi connectivity index (χ2v) is 12.1. The molecule has 0 aliphatic heterocycles. The van der Waals surface area contributed by atoms with Crippen LogP contribution in [-0.2, 0) is 0 Å². The fourth-order valence-electron chi connectivity index (χ4n) is 7.25. The van der Waals surface area contributed by atoms with Crippen molar-refractivity contribution in [2.45, 2.75) is 0 Å². The molecule has 224 valence electrons. The average Bonchev–Trinajstić information content (AvgIpc) is 3.67. The molecule has 0 amide bonds. The molecule has 0 saturated heterocycles. The average molecular weight is 614 g/mol. The molecular weight excluding hydrogens is 587 g/mol. The van der Waals surface area contributed by atoms with Crippen molar-refractivity contribution >= 4 is 54.5 Å². The van der Waals surface area contributed by atoms with Gasteiger partial charge in [0.15, 0.2) is 0 Å². The maximum absolute atomic E-state index is 5.23. The van der Waals surface area contributed by atoms with Gasteiger partial charge in [-0.05, 0) is 65.7 Å². The smallest absolute Gasteiger partial charge is 0.235 e. The molecule has 5 heteroatoms. The van der Waals surface area contributed by atoms with E-state index in [4.69, 9.17) is 9.97 Å². The Morgan fingerprint density at radius 2 is 1.00 bits per heavy atom. The van der Waals surface area contributed by atoms with Crippen LogP contribution in [0.1, 0.15) is 0 Å². The third-order valence-corrected chi connectivity index (χ3v) is 9.43. The van der Waals surface area contributed by atoms with Gasteiger partial charge in [-0.15, -0.1) is 0 Å². The van der Waals surface area contributed by atoms with Gasteiger partial charge in [-0.2, -0.15) is 0 Å². The predicted molar refractivity (Wildman–Crippen MR) is 197 cm³/mol. The molecule has 4 heterocycles. The number of hydrogen-bond acceptors (Lipinski definition) is 3. The molecule has 0 unspecified atom stereocenters. The Balaban J connectivity index is 1.18. The number of hydrogen-bond donors (Lipinski definition) is 0. The minimum Gasteiger partial charge on any atom is -0.308 e. The van der Waals surface area contributed by atoms with E-state index in [1.807, 2.05) is 30.6 Å². The molecule has 0 spiro atoms. The van der Waals surface area contributed by atoms with Crippen molar-refractivity contribution in [3.63, 3.8) is 0 Å². The first-order valence-electron chi connectivity index (χ1n) is 16.1. The zero-order chi connectivity index (χ0) is 31.6. The maximum atomic E-state index is 5.23. The quantitative estimate of drug-likeness (QED) is 0.198. The van der Waals surface area contributed by atoms with Crippen LogP contribution in [0.25, 0.3) is 88.5 Å². The molecule has 0 bridgehead atoms. The van der Waals surface area contributed by atoms with Gasteiger partial charge in [-0.3, -0.25) is 9.55 Å². The molecule has 0 N–H and O–H groups in total. The maximum Gasteiger partial charge on any atom is 0.235 e. The summed E-state index contributed by atoms with van der Waals surface area (Å²) in [5.74, 6) is 0.662. The lowest BCUT2D eigenvalue weighted by atomic mass is 10.0. The van der Waals surface area contributed by atoms with E-state index >= 15 is 0 Å². The van der Waals surface area contributed by atoms with Crippen molar-refractivity contribution in [1.29, 1.82) is 0 Å². The van der Waals surface area contributed by atoms with Crippen LogP contribution in [0, 0.1) is 0 Å². The number of nitrogens with zero attached hydrogens (tertiary/aromatic N) is 5. The predicted octanol–water partition coefficient (Wildman–Crippen LogP) is 10.6. The van der Waals surface area contributed by atoms with Crippen molar-refractivity contribution in [2.75, 3.05) is 0 Å². The molecule has 0 aliphatic rings. The standard InChI is InChI=1S/C43H27N5/c1-3-11-28(12-4-1)42-34-16-7-9-17-37(34)45-43(46-42)48-38-18-10-8-15-32(38)35-25-30(20-22-40(35)48)29-19-21-39-36(26-29)33-23-24-44-27-41(33)47(39)31-13-5-2-6-14-31/h1-27H. The number of aromatic nitrogens is 5. The van der Waals surface area contributed by atoms with E-state index in [9.17, 15) is 0 Å². The highest BCUT2D eigenvalue weighted by atomic mass is 15.2. The normalized spacial score (nSPS) is 11.8. The number of pyridine rings is 1. The van der Waals surface area contributed by atoms with Gasteiger partial charge in [0.25, 0.3) is 0 Å². The third-order valence-electron chi connectivity index (χ3n) is 9.43. The van der Waals surface area contributed by atoms with Crippen LogP contribution in [0.5, 0.6) is 0 Å². The SMILES string of the molecule is c1ccc(-c2nc(-n3c4ccccc4c4cc(-c5ccc6c(c5)c5ccncc5n6-c5ccccc5)ccc43)nc3ccccc23)cc1. The fraction of sp³-hybridized carbons (Fsp3) is 0. The Bertz CT molecular complexity index is 2830. The highest BCUT2D eigenvalue weighted by Crippen LogP contribution is 2.38. The molecule has 5 nitrogen and oxygen atoms in total. The summed E-state index contributed by atoms with van der Waals surface area (Å²) in [4.78, 5) is 14.8. The van der Waals surface area contributed by atoms with Crippen LogP contribution in [-0.4, -0.2) is 24.1 Å². The second-order valence-electron chi connectivity index (χ2n) is 12.1. The van der Waals surface area contributed by atoms with E-state index in [0.29, 0.717) is 5.95 Å². The Hall–Kier alpha value is -6.59. The molecule has 0 aliphatic carbocycles. The van der Waals surface area contributed by atoms with Crippen molar-refractivity contribution in [3.8, 4) is 34.0 Å². The van der Waals surface area contributed by atoms with E-state index in [2.05, 4.69) is 148 Å². The lowest BCUT2D eigenvalue weighted by Crippen LogP contribution is -2.03. The zero-order valence-corrected chi connectivity index (χ0v) is 25.8. The van der Waals surface area contributed by atoms with Gasteiger partial charge in [0, 0.05) is 44.4 Å². The van der Waals surface area contributed by atoms with E-state index < -0.39 is 0 Å². The van der Waals surface area contributed by atoms with Crippen LogP contribution < -0.4 is 0 Å². The fourth-order valence-corrected chi connectivity index (χ4v) is 7.25. The first kappa shape index (κ1) is 26.6. The van der Waals surface area contributed by atoms with Crippen LogP contribution in [0.2, 0.25) is 0 Å². The lowest BCUT2D eigenvalue weighted by Gasteiger charge is -2.12. The summed E-state index contributed by atoms with van der Waals surface area (Å²) in [6, 6.07) is 53.3.